The summed E-state index contributed by atoms with van der Waals surface area (Å²) in [5.74, 6) is 0.830. The summed E-state index contributed by atoms with van der Waals surface area (Å²) in [4.78, 5) is 4.30. The molecule has 3 nitrogen and oxygen atoms in total. The fourth-order valence-corrected chi connectivity index (χ4v) is 2.66. The summed E-state index contributed by atoms with van der Waals surface area (Å²) in [6.07, 6.45) is 3.80. The average molecular weight is 343 g/mol. The highest BCUT2D eigenvalue weighted by molar-refractivity contribution is 9.10. The molecule has 0 unspecified atom stereocenters. The number of aromatic nitrogens is 1. The normalized spacial score (nSPS) is 10.6. The van der Waals surface area contributed by atoms with Crippen LogP contribution in [0.4, 0.5) is 5.69 Å². The summed E-state index contributed by atoms with van der Waals surface area (Å²) in [6, 6.07) is 14.1. The molecule has 21 heavy (non-hydrogen) atoms. The van der Waals surface area contributed by atoms with Gasteiger partial charge in [-0.3, -0.25) is 4.98 Å². The zero-order valence-corrected chi connectivity index (χ0v) is 13.2. The number of ether oxygens (including phenoxy) is 1. The first-order chi connectivity index (χ1) is 10.3. The number of pyridine rings is 1. The van der Waals surface area contributed by atoms with Crippen LogP contribution in [0.2, 0.25) is 0 Å². The largest absolute Gasteiger partial charge is 0.497 e. The molecule has 1 N–H and O–H groups in total. The standard InChI is InChI=1S/C17H15BrN2O/c1-21-14-6-7-16(18)17(8-14)20-11-13-10-19-9-12-4-2-3-5-15(12)13/h2-10,20H,11H2,1H3. The number of rotatable bonds is 4. The highest BCUT2D eigenvalue weighted by atomic mass is 79.9. The van der Waals surface area contributed by atoms with Gasteiger partial charge in [0.05, 0.1) is 12.8 Å². The molecule has 0 aliphatic heterocycles. The average Bonchev–Trinajstić information content (AvgIpc) is 2.54. The van der Waals surface area contributed by atoms with Crippen molar-refractivity contribution in [2.24, 2.45) is 0 Å². The lowest BCUT2D eigenvalue weighted by Gasteiger charge is -2.11. The Morgan fingerprint density at radius 1 is 1.14 bits per heavy atom. The SMILES string of the molecule is COc1ccc(Br)c(NCc2cncc3ccccc23)c1. The van der Waals surface area contributed by atoms with Crippen molar-refractivity contribution in [1.29, 1.82) is 0 Å². The van der Waals surface area contributed by atoms with Gasteiger partial charge in [-0.25, -0.2) is 0 Å². The lowest BCUT2D eigenvalue weighted by Crippen LogP contribution is -2.01. The second-order valence-electron chi connectivity index (χ2n) is 4.72. The van der Waals surface area contributed by atoms with Crippen LogP contribution in [0.15, 0.2) is 59.3 Å². The predicted octanol–water partition coefficient (Wildman–Crippen LogP) is 4.62. The summed E-state index contributed by atoms with van der Waals surface area (Å²) < 4.78 is 6.27. The molecular weight excluding hydrogens is 328 g/mol. The van der Waals surface area contributed by atoms with Gasteiger partial charge in [0.1, 0.15) is 5.75 Å². The van der Waals surface area contributed by atoms with Gasteiger partial charge in [0.15, 0.2) is 0 Å². The van der Waals surface area contributed by atoms with Crippen LogP contribution in [-0.4, -0.2) is 12.1 Å². The van der Waals surface area contributed by atoms with Crippen molar-refractivity contribution in [1.82, 2.24) is 4.98 Å². The van der Waals surface area contributed by atoms with E-state index in [1.54, 1.807) is 7.11 Å². The molecule has 0 amide bonds. The molecule has 0 atom stereocenters. The summed E-state index contributed by atoms with van der Waals surface area (Å²) in [5.41, 5.74) is 2.17. The second kappa shape index (κ2) is 6.14. The van der Waals surface area contributed by atoms with Gasteiger partial charge < -0.3 is 10.1 Å². The molecular formula is C17H15BrN2O. The van der Waals surface area contributed by atoms with E-state index in [0.29, 0.717) is 6.54 Å². The molecule has 0 aliphatic rings. The van der Waals surface area contributed by atoms with Crippen molar-refractivity contribution in [3.8, 4) is 5.75 Å². The Hall–Kier alpha value is -2.07. The maximum absolute atomic E-state index is 5.26. The van der Waals surface area contributed by atoms with Gasteiger partial charge in [0.2, 0.25) is 0 Å². The fourth-order valence-electron chi connectivity index (χ4n) is 2.28. The molecule has 0 radical (unpaired) electrons. The van der Waals surface area contributed by atoms with Gasteiger partial charge in [0.25, 0.3) is 0 Å². The topological polar surface area (TPSA) is 34.1 Å². The molecule has 0 fully saturated rings. The lowest BCUT2D eigenvalue weighted by atomic mass is 10.1. The van der Waals surface area contributed by atoms with Gasteiger partial charge in [-0.05, 0) is 39.0 Å². The molecule has 0 bridgehead atoms. The quantitative estimate of drug-likeness (QED) is 0.751. The fraction of sp³-hybridized carbons (Fsp3) is 0.118. The van der Waals surface area contributed by atoms with Crippen LogP contribution in [0.1, 0.15) is 5.56 Å². The molecule has 4 heteroatoms. The van der Waals surface area contributed by atoms with E-state index in [2.05, 4.69) is 38.4 Å². The van der Waals surface area contributed by atoms with Crippen LogP contribution in [0.3, 0.4) is 0 Å². The van der Waals surface area contributed by atoms with Gasteiger partial charge in [0, 0.05) is 34.9 Å². The van der Waals surface area contributed by atoms with E-state index in [0.717, 1.165) is 21.3 Å². The number of anilines is 1. The predicted molar refractivity (Wildman–Crippen MR) is 89.8 cm³/mol. The minimum absolute atomic E-state index is 0.708. The van der Waals surface area contributed by atoms with Crippen LogP contribution in [-0.2, 0) is 6.54 Å². The van der Waals surface area contributed by atoms with Crippen LogP contribution in [0.25, 0.3) is 10.8 Å². The Labute approximate surface area is 132 Å². The third-order valence-electron chi connectivity index (χ3n) is 3.39. The number of nitrogens with one attached hydrogen (secondary N) is 1. The van der Waals surface area contributed by atoms with Crippen molar-refractivity contribution >= 4 is 32.4 Å². The molecule has 1 heterocycles. The zero-order chi connectivity index (χ0) is 14.7. The number of methoxy groups -OCH3 is 1. The first-order valence-electron chi connectivity index (χ1n) is 6.67. The van der Waals surface area contributed by atoms with E-state index >= 15 is 0 Å². The molecule has 106 valence electrons. The van der Waals surface area contributed by atoms with Gasteiger partial charge in [-0.15, -0.1) is 0 Å². The Balaban J connectivity index is 1.87. The van der Waals surface area contributed by atoms with Crippen LogP contribution >= 0.6 is 15.9 Å². The summed E-state index contributed by atoms with van der Waals surface area (Å²) >= 11 is 3.55. The molecule has 2 aromatic carbocycles. The Morgan fingerprint density at radius 3 is 2.86 bits per heavy atom. The van der Waals surface area contributed by atoms with E-state index in [-0.39, 0.29) is 0 Å². The summed E-state index contributed by atoms with van der Waals surface area (Å²) in [6.45, 7) is 0.708. The van der Waals surface area contributed by atoms with Crippen LogP contribution < -0.4 is 10.1 Å². The zero-order valence-electron chi connectivity index (χ0n) is 11.6. The van der Waals surface area contributed by atoms with Gasteiger partial charge in [-0.2, -0.15) is 0 Å². The first-order valence-corrected chi connectivity index (χ1v) is 7.46. The number of hydrogen-bond acceptors (Lipinski definition) is 3. The third-order valence-corrected chi connectivity index (χ3v) is 4.09. The third kappa shape index (κ3) is 3.00. The van der Waals surface area contributed by atoms with E-state index in [1.165, 1.54) is 10.9 Å². The van der Waals surface area contributed by atoms with Crippen LogP contribution in [0.5, 0.6) is 5.75 Å². The number of nitrogens with zero attached hydrogens (tertiary/aromatic N) is 1. The molecule has 0 saturated heterocycles. The van der Waals surface area contributed by atoms with E-state index < -0.39 is 0 Å². The number of benzene rings is 2. The molecule has 0 aliphatic carbocycles. The Morgan fingerprint density at radius 2 is 2.00 bits per heavy atom. The number of fused-ring (bicyclic) bond motifs is 1. The summed E-state index contributed by atoms with van der Waals surface area (Å²) in [5, 5.41) is 5.80. The van der Waals surface area contributed by atoms with Crippen molar-refractivity contribution in [3.63, 3.8) is 0 Å². The Bertz CT molecular complexity index is 768. The number of hydrogen-bond donors (Lipinski definition) is 1. The minimum Gasteiger partial charge on any atom is -0.497 e. The monoisotopic (exact) mass is 342 g/mol. The molecule has 3 aromatic rings. The highest BCUT2D eigenvalue weighted by Crippen LogP contribution is 2.28. The van der Waals surface area contributed by atoms with E-state index in [1.807, 2.05) is 42.7 Å². The second-order valence-corrected chi connectivity index (χ2v) is 5.57. The molecule has 1 aromatic heterocycles. The smallest absolute Gasteiger partial charge is 0.121 e. The van der Waals surface area contributed by atoms with Crippen molar-refractivity contribution in [2.75, 3.05) is 12.4 Å². The van der Waals surface area contributed by atoms with Crippen molar-refractivity contribution in [2.45, 2.75) is 6.54 Å². The summed E-state index contributed by atoms with van der Waals surface area (Å²) in [7, 11) is 1.67. The maximum atomic E-state index is 5.26. The van der Waals surface area contributed by atoms with Gasteiger partial charge >= 0.3 is 0 Å². The highest BCUT2D eigenvalue weighted by Gasteiger charge is 2.04. The maximum Gasteiger partial charge on any atom is 0.121 e. The Kier molecular flexibility index (Phi) is 4.06. The van der Waals surface area contributed by atoms with Crippen LogP contribution in [0, 0.1) is 0 Å². The van der Waals surface area contributed by atoms with E-state index in [4.69, 9.17) is 4.74 Å². The molecule has 0 saturated carbocycles. The van der Waals surface area contributed by atoms with Crippen molar-refractivity contribution in [3.05, 3.63) is 64.9 Å². The number of halogens is 1. The lowest BCUT2D eigenvalue weighted by molar-refractivity contribution is 0.415. The van der Waals surface area contributed by atoms with E-state index in [9.17, 15) is 0 Å². The van der Waals surface area contributed by atoms with Gasteiger partial charge in [-0.1, -0.05) is 24.3 Å². The minimum atomic E-state index is 0.708. The first kappa shape index (κ1) is 13.9. The molecule has 0 spiro atoms. The molecule has 3 rings (SSSR count). The van der Waals surface area contributed by atoms with Crippen molar-refractivity contribution < 1.29 is 4.74 Å².